The minimum atomic E-state index is -5.03. The van der Waals surface area contributed by atoms with Gasteiger partial charge in [-0.1, -0.05) is 12.1 Å². The Balaban J connectivity index is 2.08. The molecule has 29 heavy (non-hydrogen) atoms. The predicted molar refractivity (Wildman–Crippen MR) is 98.5 cm³/mol. The monoisotopic (exact) mass is 406 g/mol. The molecule has 0 aliphatic carbocycles. The van der Waals surface area contributed by atoms with Crippen LogP contribution >= 0.6 is 0 Å². The van der Waals surface area contributed by atoms with Gasteiger partial charge in [-0.3, -0.25) is 14.4 Å². The normalized spacial score (nSPS) is 19.3. The van der Waals surface area contributed by atoms with Gasteiger partial charge in [0, 0.05) is 34.8 Å². The van der Waals surface area contributed by atoms with Crippen molar-refractivity contribution in [2.24, 2.45) is 11.5 Å². The number of dihydropyridines is 1. The molecular weight excluding hydrogens is 389 g/mol. The number of nitrogens with one attached hydrogen (secondary N) is 2. The standard InChI is InChI=1S/C19H17F3N4O3/c1-18(17(24)29)7-10(16(23)28)6-11(26-18)5-9-3-2-4-13-14(9)12(8-25-13)15(27)19(20,21)22/h2-4,6-8,25-26H,5H2,1H3,(H2,23,28)(H2,24,29). The molecule has 152 valence electrons. The molecule has 0 saturated carbocycles. The molecule has 2 heterocycles. The highest BCUT2D eigenvalue weighted by Crippen LogP contribution is 2.31. The number of aromatic nitrogens is 1. The highest BCUT2D eigenvalue weighted by Gasteiger charge is 2.41. The third-order valence-corrected chi connectivity index (χ3v) is 4.67. The molecule has 1 aromatic carbocycles. The number of nitrogens with two attached hydrogens (primary N) is 2. The molecule has 0 spiro atoms. The molecule has 0 radical (unpaired) electrons. The average molecular weight is 406 g/mol. The molecule has 1 atom stereocenters. The molecule has 7 nitrogen and oxygen atoms in total. The van der Waals surface area contributed by atoms with Crippen LogP contribution in [0.15, 0.2) is 47.8 Å². The van der Waals surface area contributed by atoms with Crippen molar-refractivity contribution >= 4 is 28.5 Å². The largest absolute Gasteiger partial charge is 0.454 e. The zero-order valence-corrected chi connectivity index (χ0v) is 15.2. The number of aromatic amines is 1. The van der Waals surface area contributed by atoms with Crippen LogP contribution < -0.4 is 16.8 Å². The second-order valence-corrected chi connectivity index (χ2v) is 6.87. The average Bonchev–Trinajstić information content (AvgIpc) is 3.04. The van der Waals surface area contributed by atoms with Crippen LogP contribution in [0.3, 0.4) is 0 Å². The maximum absolute atomic E-state index is 13.0. The number of primary amides is 2. The van der Waals surface area contributed by atoms with Crippen molar-refractivity contribution in [3.63, 3.8) is 0 Å². The number of carbonyl (C=O) groups excluding carboxylic acids is 3. The summed E-state index contributed by atoms with van der Waals surface area (Å²) in [7, 11) is 0. The SMILES string of the molecule is CC1(C(N)=O)C=C(C(N)=O)C=C(Cc2cccc3[nH]cc(C(=O)C(F)(F)F)c23)N1. The summed E-state index contributed by atoms with van der Waals surface area (Å²) in [5.74, 6) is -3.53. The van der Waals surface area contributed by atoms with Crippen LogP contribution in [0, 0.1) is 0 Å². The molecule has 0 bridgehead atoms. The minimum Gasteiger partial charge on any atom is -0.371 e. The van der Waals surface area contributed by atoms with E-state index in [1.807, 2.05) is 0 Å². The van der Waals surface area contributed by atoms with E-state index in [0.717, 1.165) is 6.20 Å². The van der Waals surface area contributed by atoms with Crippen molar-refractivity contribution in [1.82, 2.24) is 10.3 Å². The van der Waals surface area contributed by atoms with Crippen molar-refractivity contribution in [2.75, 3.05) is 0 Å². The van der Waals surface area contributed by atoms with Crippen LogP contribution in [0.4, 0.5) is 13.2 Å². The third-order valence-electron chi connectivity index (χ3n) is 4.67. The maximum atomic E-state index is 13.0. The number of rotatable bonds is 5. The van der Waals surface area contributed by atoms with Crippen LogP contribution in [0.5, 0.6) is 0 Å². The number of alkyl halides is 3. The Morgan fingerprint density at radius 3 is 2.45 bits per heavy atom. The zero-order valence-electron chi connectivity index (χ0n) is 15.2. The highest BCUT2D eigenvalue weighted by molar-refractivity contribution is 6.11. The first kappa shape index (κ1) is 20.2. The van der Waals surface area contributed by atoms with E-state index in [0.29, 0.717) is 16.8 Å². The number of Topliss-reactive ketones (excluding diaryl/α,β-unsaturated/α-hetero) is 1. The van der Waals surface area contributed by atoms with Crippen LogP contribution in [0.1, 0.15) is 22.8 Å². The van der Waals surface area contributed by atoms with E-state index in [1.54, 1.807) is 12.1 Å². The summed E-state index contributed by atoms with van der Waals surface area (Å²) in [6, 6.07) is 4.70. The lowest BCUT2D eigenvalue weighted by Crippen LogP contribution is -2.53. The first-order chi connectivity index (χ1) is 13.4. The number of H-pyrrole nitrogens is 1. The molecule has 1 aromatic heterocycles. The Morgan fingerprint density at radius 1 is 1.17 bits per heavy atom. The number of hydrogen-bond donors (Lipinski definition) is 4. The van der Waals surface area contributed by atoms with Gasteiger partial charge in [-0.2, -0.15) is 13.2 Å². The number of hydrogen-bond acceptors (Lipinski definition) is 4. The zero-order chi connectivity index (χ0) is 21.6. The van der Waals surface area contributed by atoms with E-state index in [1.165, 1.54) is 25.1 Å². The number of fused-ring (bicyclic) bond motifs is 1. The fraction of sp³-hybridized carbons (Fsp3) is 0.211. The summed E-state index contributed by atoms with van der Waals surface area (Å²) in [6.07, 6.45) is -1.34. The molecule has 1 aliphatic heterocycles. The van der Waals surface area contributed by atoms with E-state index in [9.17, 15) is 27.6 Å². The lowest BCUT2D eigenvalue weighted by atomic mass is 9.90. The molecule has 2 amide bonds. The van der Waals surface area contributed by atoms with E-state index in [-0.39, 0.29) is 17.4 Å². The quantitative estimate of drug-likeness (QED) is 0.562. The first-order valence-corrected chi connectivity index (χ1v) is 8.44. The van der Waals surface area contributed by atoms with Crippen LogP contribution in [0.25, 0.3) is 10.9 Å². The summed E-state index contributed by atoms with van der Waals surface area (Å²) >= 11 is 0. The third kappa shape index (κ3) is 3.73. The van der Waals surface area contributed by atoms with Crippen molar-refractivity contribution in [1.29, 1.82) is 0 Å². The smallest absolute Gasteiger partial charge is 0.371 e. The maximum Gasteiger partial charge on any atom is 0.454 e. The Hall–Kier alpha value is -3.56. The highest BCUT2D eigenvalue weighted by atomic mass is 19.4. The molecule has 6 N–H and O–H groups in total. The van der Waals surface area contributed by atoms with E-state index < -0.39 is 34.9 Å². The van der Waals surface area contributed by atoms with Gasteiger partial charge in [-0.15, -0.1) is 0 Å². The molecule has 2 aromatic rings. The Bertz CT molecular complexity index is 1100. The van der Waals surface area contributed by atoms with Gasteiger partial charge in [0.25, 0.3) is 5.78 Å². The number of benzene rings is 1. The number of halogens is 3. The van der Waals surface area contributed by atoms with Crippen molar-refractivity contribution < 1.29 is 27.6 Å². The molecule has 10 heteroatoms. The van der Waals surface area contributed by atoms with Gasteiger partial charge >= 0.3 is 6.18 Å². The number of amides is 2. The van der Waals surface area contributed by atoms with Crippen molar-refractivity contribution in [3.8, 4) is 0 Å². The minimum absolute atomic E-state index is 0.000814. The van der Waals surface area contributed by atoms with Gasteiger partial charge in [0.15, 0.2) is 0 Å². The lowest BCUT2D eigenvalue weighted by molar-refractivity contribution is -0.121. The summed E-state index contributed by atoms with van der Waals surface area (Å²) < 4.78 is 38.9. The molecule has 1 aliphatic rings. The van der Waals surface area contributed by atoms with E-state index in [4.69, 9.17) is 11.5 Å². The second kappa shape index (κ2) is 6.80. The van der Waals surface area contributed by atoms with Gasteiger partial charge in [0.1, 0.15) is 5.54 Å². The summed E-state index contributed by atoms with van der Waals surface area (Å²) in [5.41, 5.74) is 9.90. The van der Waals surface area contributed by atoms with E-state index >= 15 is 0 Å². The Labute approximate surface area is 162 Å². The van der Waals surface area contributed by atoms with Gasteiger partial charge in [0.2, 0.25) is 11.8 Å². The van der Waals surface area contributed by atoms with Crippen molar-refractivity contribution in [3.05, 3.63) is 58.9 Å². The second-order valence-electron chi connectivity index (χ2n) is 6.87. The fourth-order valence-electron chi connectivity index (χ4n) is 3.26. The number of allylic oxidation sites excluding steroid dienone is 1. The lowest BCUT2D eigenvalue weighted by Gasteiger charge is -2.31. The van der Waals surface area contributed by atoms with Gasteiger partial charge in [-0.25, -0.2) is 0 Å². The Kier molecular flexibility index (Phi) is 4.73. The fourth-order valence-corrected chi connectivity index (χ4v) is 3.26. The molecule has 3 rings (SSSR count). The van der Waals surface area contributed by atoms with Gasteiger partial charge in [0.05, 0.1) is 5.56 Å². The molecule has 1 unspecified atom stereocenters. The van der Waals surface area contributed by atoms with Gasteiger partial charge in [-0.05, 0) is 30.7 Å². The topological polar surface area (TPSA) is 131 Å². The predicted octanol–water partition coefficient (Wildman–Crippen LogP) is 1.60. The number of ketones is 1. The van der Waals surface area contributed by atoms with Crippen LogP contribution in [-0.2, 0) is 16.0 Å². The summed E-state index contributed by atoms with van der Waals surface area (Å²) in [4.78, 5) is 37.9. The van der Waals surface area contributed by atoms with E-state index in [2.05, 4.69) is 10.3 Å². The van der Waals surface area contributed by atoms with Crippen LogP contribution in [-0.4, -0.2) is 34.3 Å². The first-order valence-electron chi connectivity index (χ1n) is 8.44. The summed E-state index contributed by atoms with van der Waals surface area (Å²) in [5, 5.41) is 2.99. The molecular formula is C19H17F3N4O3. The van der Waals surface area contributed by atoms with Gasteiger partial charge < -0.3 is 21.8 Å². The van der Waals surface area contributed by atoms with Crippen LogP contribution in [0.2, 0.25) is 0 Å². The number of carbonyl (C=O) groups is 3. The Morgan fingerprint density at radius 2 is 1.86 bits per heavy atom. The molecule has 0 saturated heterocycles. The van der Waals surface area contributed by atoms with Crippen molar-refractivity contribution in [2.45, 2.75) is 25.1 Å². The molecule has 0 fully saturated rings. The summed E-state index contributed by atoms with van der Waals surface area (Å²) in [6.45, 7) is 1.45.